The van der Waals surface area contributed by atoms with Crippen LogP contribution in [0.3, 0.4) is 0 Å². The molecule has 1 fully saturated rings. The van der Waals surface area contributed by atoms with Crippen molar-refractivity contribution in [2.24, 2.45) is 0 Å². The molecule has 0 bridgehead atoms. The lowest BCUT2D eigenvalue weighted by Gasteiger charge is -2.39. The highest BCUT2D eigenvalue weighted by atomic mass is 16.2. The number of carbonyl (C=O) groups is 1. The van der Waals surface area contributed by atoms with Crippen molar-refractivity contribution >= 4 is 6.03 Å². The summed E-state index contributed by atoms with van der Waals surface area (Å²) in [6.45, 7) is 4.40. The summed E-state index contributed by atoms with van der Waals surface area (Å²) in [6.07, 6.45) is 3.41. The SMILES string of the molecule is CNC(=O)N[C@@H]1CC2(CCN(C)CC2)c2ccc(C)cc21. The van der Waals surface area contributed by atoms with Gasteiger partial charge in [0, 0.05) is 12.5 Å². The Kier molecular flexibility index (Phi) is 3.66. The van der Waals surface area contributed by atoms with Gasteiger partial charge in [-0.25, -0.2) is 4.79 Å². The fraction of sp³-hybridized carbons (Fsp3) is 0.588. The zero-order chi connectivity index (χ0) is 15.0. The molecule has 1 aliphatic heterocycles. The first-order valence-electron chi connectivity index (χ1n) is 7.82. The third-order valence-corrected chi connectivity index (χ3v) is 5.23. The summed E-state index contributed by atoms with van der Waals surface area (Å²) in [6, 6.07) is 6.81. The van der Waals surface area contributed by atoms with Crippen molar-refractivity contribution in [3.8, 4) is 0 Å². The number of nitrogens with zero attached hydrogens (tertiary/aromatic N) is 1. The first-order chi connectivity index (χ1) is 10.0. The second-order valence-electron chi connectivity index (χ2n) is 6.65. The third-order valence-electron chi connectivity index (χ3n) is 5.23. The highest BCUT2D eigenvalue weighted by Crippen LogP contribution is 2.50. The zero-order valence-corrected chi connectivity index (χ0v) is 13.2. The first-order valence-corrected chi connectivity index (χ1v) is 7.82. The molecule has 1 aromatic rings. The van der Waals surface area contributed by atoms with Gasteiger partial charge in [0.15, 0.2) is 0 Å². The van der Waals surface area contributed by atoms with Gasteiger partial charge < -0.3 is 15.5 Å². The van der Waals surface area contributed by atoms with Gasteiger partial charge in [-0.2, -0.15) is 0 Å². The molecule has 3 rings (SSSR count). The largest absolute Gasteiger partial charge is 0.341 e. The fourth-order valence-electron chi connectivity index (χ4n) is 3.94. The Morgan fingerprint density at radius 1 is 1.33 bits per heavy atom. The Morgan fingerprint density at radius 2 is 2.05 bits per heavy atom. The van der Waals surface area contributed by atoms with Crippen LogP contribution in [0, 0.1) is 6.92 Å². The highest BCUT2D eigenvalue weighted by molar-refractivity contribution is 5.74. The van der Waals surface area contributed by atoms with E-state index in [9.17, 15) is 4.79 Å². The second kappa shape index (κ2) is 5.34. The van der Waals surface area contributed by atoms with Crippen LogP contribution in [0.2, 0.25) is 0 Å². The van der Waals surface area contributed by atoms with E-state index in [4.69, 9.17) is 0 Å². The van der Waals surface area contributed by atoms with Gasteiger partial charge in [0.25, 0.3) is 0 Å². The molecule has 2 N–H and O–H groups in total. The van der Waals surface area contributed by atoms with Crippen molar-refractivity contribution in [3.63, 3.8) is 0 Å². The third kappa shape index (κ3) is 2.53. The van der Waals surface area contributed by atoms with Gasteiger partial charge in [-0.3, -0.25) is 0 Å². The van der Waals surface area contributed by atoms with Crippen LogP contribution < -0.4 is 10.6 Å². The number of likely N-dealkylation sites (tertiary alicyclic amines) is 1. The summed E-state index contributed by atoms with van der Waals surface area (Å²) in [5.74, 6) is 0. The van der Waals surface area contributed by atoms with Gasteiger partial charge >= 0.3 is 6.03 Å². The molecule has 2 aliphatic rings. The van der Waals surface area contributed by atoms with Crippen LogP contribution in [-0.2, 0) is 5.41 Å². The molecule has 1 atom stereocenters. The van der Waals surface area contributed by atoms with Gasteiger partial charge in [-0.05, 0) is 57.5 Å². The molecule has 21 heavy (non-hydrogen) atoms. The molecule has 114 valence electrons. The molecule has 0 unspecified atom stereocenters. The van der Waals surface area contributed by atoms with Gasteiger partial charge in [-0.1, -0.05) is 23.8 Å². The van der Waals surface area contributed by atoms with Crippen molar-refractivity contribution in [2.75, 3.05) is 27.2 Å². The number of benzene rings is 1. The maximum atomic E-state index is 11.8. The molecule has 4 nitrogen and oxygen atoms in total. The summed E-state index contributed by atoms with van der Waals surface area (Å²) < 4.78 is 0. The Morgan fingerprint density at radius 3 is 2.71 bits per heavy atom. The average Bonchev–Trinajstić information content (AvgIpc) is 2.76. The van der Waals surface area contributed by atoms with Crippen LogP contribution >= 0.6 is 0 Å². The Bertz CT molecular complexity index is 547. The first kappa shape index (κ1) is 14.4. The molecule has 0 saturated carbocycles. The minimum atomic E-state index is -0.0857. The van der Waals surface area contributed by atoms with Crippen molar-refractivity contribution in [2.45, 2.75) is 37.6 Å². The lowest BCUT2D eigenvalue weighted by molar-refractivity contribution is 0.178. The van der Waals surface area contributed by atoms with Crippen molar-refractivity contribution in [1.82, 2.24) is 15.5 Å². The molecule has 2 amide bonds. The Labute approximate surface area is 126 Å². The van der Waals surface area contributed by atoms with Crippen molar-refractivity contribution < 1.29 is 4.79 Å². The molecular weight excluding hydrogens is 262 g/mol. The van der Waals surface area contributed by atoms with Crippen LogP contribution in [0.5, 0.6) is 0 Å². The van der Waals surface area contributed by atoms with Crippen molar-refractivity contribution in [1.29, 1.82) is 0 Å². The molecule has 1 aliphatic carbocycles. The number of urea groups is 1. The van der Waals surface area contributed by atoms with Gasteiger partial charge in [0.05, 0.1) is 6.04 Å². The minimum absolute atomic E-state index is 0.0857. The van der Waals surface area contributed by atoms with Crippen LogP contribution in [0.25, 0.3) is 0 Å². The standard InChI is InChI=1S/C17H25N3O/c1-12-4-5-14-13(10-12)15(19-16(21)18-2)11-17(14)6-8-20(3)9-7-17/h4-5,10,15H,6-9,11H2,1-3H3,(H2,18,19,21)/t15-/m1/s1. The smallest absolute Gasteiger partial charge is 0.315 e. The Balaban J connectivity index is 1.94. The monoisotopic (exact) mass is 287 g/mol. The lowest BCUT2D eigenvalue weighted by Crippen LogP contribution is -2.41. The number of hydrogen-bond acceptors (Lipinski definition) is 2. The number of piperidine rings is 1. The average molecular weight is 287 g/mol. The topological polar surface area (TPSA) is 44.4 Å². The molecule has 1 aromatic carbocycles. The van der Waals surface area contributed by atoms with E-state index in [1.165, 1.54) is 29.5 Å². The number of aryl methyl sites for hydroxylation is 1. The van der Waals surface area contributed by atoms with E-state index in [1.54, 1.807) is 7.05 Å². The summed E-state index contributed by atoms with van der Waals surface area (Å²) in [5.41, 5.74) is 4.30. The van der Waals surface area contributed by atoms with Crippen LogP contribution in [-0.4, -0.2) is 38.1 Å². The molecular formula is C17H25N3O. The molecule has 0 radical (unpaired) electrons. The highest BCUT2D eigenvalue weighted by Gasteiger charge is 2.45. The van der Waals surface area contributed by atoms with E-state index in [1.807, 2.05) is 0 Å². The molecule has 0 aromatic heterocycles. The summed E-state index contributed by atoms with van der Waals surface area (Å²) >= 11 is 0. The minimum Gasteiger partial charge on any atom is -0.341 e. The van der Waals surface area contributed by atoms with Gasteiger partial charge in [0.2, 0.25) is 0 Å². The second-order valence-corrected chi connectivity index (χ2v) is 6.65. The predicted octanol–water partition coefficient (Wildman–Crippen LogP) is 2.33. The number of amides is 2. The number of carbonyl (C=O) groups excluding carboxylic acids is 1. The predicted molar refractivity (Wildman–Crippen MR) is 84.5 cm³/mol. The molecule has 1 saturated heterocycles. The van der Waals surface area contributed by atoms with E-state index in [-0.39, 0.29) is 17.5 Å². The van der Waals surface area contributed by atoms with Gasteiger partial charge in [-0.15, -0.1) is 0 Å². The van der Waals surface area contributed by atoms with E-state index in [0.29, 0.717) is 0 Å². The van der Waals surface area contributed by atoms with Crippen LogP contribution in [0.4, 0.5) is 4.79 Å². The molecule has 1 spiro atoms. The zero-order valence-electron chi connectivity index (χ0n) is 13.2. The number of rotatable bonds is 1. The van der Waals surface area contributed by atoms with E-state index >= 15 is 0 Å². The van der Waals surface area contributed by atoms with Gasteiger partial charge in [0.1, 0.15) is 0 Å². The van der Waals surface area contributed by atoms with E-state index in [0.717, 1.165) is 19.5 Å². The lowest BCUT2D eigenvalue weighted by atomic mass is 9.73. The normalized spacial score (nSPS) is 23.9. The van der Waals surface area contributed by atoms with E-state index < -0.39 is 0 Å². The molecule has 1 heterocycles. The number of nitrogens with one attached hydrogen (secondary N) is 2. The maximum Gasteiger partial charge on any atom is 0.315 e. The van der Waals surface area contributed by atoms with E-state index in [2.05, 4.69) is 47.7 Å². The maximum absolute atomic E-state index is 11.8. The quantitative estimate of drug-likeness (QED) is 0.832. The molecule has 4 heteroatoms. The van der Waals surface area contributed by atoms with Crippen LogP contribution in [0.15, 0.2) is 18.2 Å². The Hall–Kier alpha value is -1.55. The van der Waals surface area contributed by atoms with Crippen molar-refractivity contribution in [3.05, 3.63) is 34.9 Å². The number of fused-ring (bicyclic) bond motifs is 2. The number of hydrogen-bond donors (Lipinski definition) is 2. The fourth-order valence-corrected chi connectivity index (χ4v) is 3.94. The summed E-state index contributed by atoms with van der Waals surface area (Å²) in [4.78, 5) is 14.2. The summed E-state index contributed by atoms with van der Waals surface area (Å²) in [7, 11) is 3.87. The van der Waals surface area contributed by atoms with Crippen LogP contribution in [0.1, 0.15) is 42.0 Å². The summed E-state index contributed by atoms with van der Waals surface area (Å²) in [5, 5.41) is 5.81.